The predicted molar refractivity (Wildman–Crippen MR) is 120 cm³/mol. The fourth-order valence-electron chi connectivity index (χ4n) is 3.24. The summed E-state index contributed by atoms with van der Waals surface area (Å²) in [7, 11) is 0. The van der Waals surface area contributed by atoms with E-state index in [9.17, 15) is 4.79 Å². The van der Waals surface area contributed by atoms with Crippen molar-refractivity contribution in [2.45, 2.75) is 19.9 Å². The van der Waals surface area contributed by atoms with Crippen LogP contribution in [0.1, 0.15) is 25.5 Å². The van der Waals surface area contributed by atoms with E-state index >= 15 is 0 Å². The topological polar surface area (TPSA) is 79.8 Å². The maximum atomic E-state index is 11.2. The lowest BCUT2D eigenvalue weighted by molar-refractivity contribution is -0.119. The Hall–Kier alpha value is -3.51. The lowest BCUT2D eigenvalue weighted by atomic mass is 10.1. The van der Waals surface area contributed by atoms with Crippen molar-refractivity contribution in [1.82, 2.24) is 20.3 Å². The van der Waals surface area contributed by atoms with E-state index in [2.05, 4.69) is 25.6 Å². The smallest absolute Gasteiger partial charge is 0.227 e. The number of rotatable bonds is 5. The van der Waals surface area contributed by atoms with Crippen LogP contribution in [0.5, 0.6) is 0 Å². The van der Waals surface area contributed by atoms with Crippen molar-refractivity contribution in [3.8, 4) is 11.1 Å². The highest BCUT2D eigenvalue weighted by atomic mass is 35.5. The van der Waals surface area contributed by atoms with E-state index in [1.165, 1.54) is 6.92 Å². The van der Waals surface area contributed by atoms with Gasteiger partial charge < -0.3 is 10.6 Å². The van der Waals surface area contributed by atoms with Gasteiger partial charge in [-0.15, -0.1) is 0 Å². The summed E-state index contributed by atoms with van der Waals surface area (Å²) in [6, 6.07) is 15.4. The zero-order chi connectivity index (χ0) is 21.1. The number of nitrogens with one attached hydrogen (secondary N) is 2. The van der Waals surface area contributed by atoms with E-state index in [1.807, 2.05) is 55.5 Å². The van der Waals surface area contributed by atoms with Crippen LogP contribution in [0.4, 0.5) is 11.6 Å². The molecule has 7 heteroatoms. The molecule has 0 aliphatic heterocycles. The molecule has 2 N–H and O–H groups in total. The summed E-state index contributed by atoms with van der Waals surface area (Å²) in [6.07, 6.45) is 5.25. The van der Waals surface area contributed by atoms with Gasteiger partial charge in [0.25, 0.3) is 0 Å². The van der Waals surface area contributed by atoms with Gasteiger partial charge in [0.15, 0.2) is 0 Å². The first-order valence-corrected chi connectivity index (χ1v) is 9.88. The highest BCUT2D eigenvalue weighted by Crippen LogP contribution is 2.31. The third-order valence-electron chi connectivity index (χ3n) is 4.75. The Labute approximate surface area is 179 Å². The quantitative estimate of drug-likeness (QED) is 0.461. The first kappa shape index (κ1) is 19.8. The third kappa shape index (κ3) is 4.39. The summed E-state index contributed by atoms with van der Waals surface area (Å²) >= 11 is 6.50. The van der Waals surface area contributed by atoms with Gasteiger partial charge in [-0.05, 0) is 54.4 Å². The monoisotopic (exact) mass is 417 g/mol. The Morgan fingerprint density at radius 3 is 2.50 bits per heavy atom. The van der Waals surface area contributed by atoms with E-state index in [0.717, 1.165) is 33.3 Å². The Morgan fingerprint density at radius 1 is 1.07 bits per heavy atom. The van der Waals surface area contributed by atoms with Gasteiger partial charge in [0.1, 0.15) is 0 Å². The number of amides is 1. The molecular weight excluding hydrogens is 398 g/mol. The zero-order valence-corrected chi connectivity index (χ0v) is 17.3. The molecule has 0 bridgehead atoms. The van der Waals surface area contributed by atoms with Crippen LogP contribution in [0.2, 0.25) is 5.02 Å². The molecule has 2 heterocycles. The second-order valence-electron chi connectivity index (χ2n) is 6.99. The normalized spacial score (nSPS) is 11.8. The largest absolute Gasteiger partial charge is 0.350 e. The molecule has 0 aliphatic rings. The van der Waals surface area contributed by atoms with Gasteiger partial charge in [-0.2, -0.15) is 0 Å². The summed E-state index contributed by atoms with van der Waals surface area (Å²) in [5, 5.41) is 7.60. The fraction of sp³-hybridized carbons (Fsp3) is 0.130. The highest BCUT2D eigenvalue weighted by molar-refractivity contribution is 6.34. The Balaban J connectivity index is 1.56. The molecule has 0 radical (unpaired) electrons. The van der Waals surface area contributed by atoms with E-state index < -0.39 is 0 Å². The molecule has 150 valence electrons. The number of nitrogens with zero attached hydrogens (tertiary/aromatic N) is 3. The molecule has 0 unspecified atom stereocenters. The van der Waals surface area contributed by atoms with Crippen LogP contribution in [0, 0.1) is 0 Å². The molecule has 2 aromatic carbocycles. The molecule has 1 atom stereocenters. The summed E-state index contributed by atoms with van der Waals surface area (Å²) in [5.74, 6) is 0.429. The standard InChI is InChI=1S/C23H20ClN5O/c1-14(27-15(2)30)16-3-5-19(6-4-16)28-23-26-13-18-11-20(17-7-9-25-10-8-17)21(24)12-22(18)29-23/h3-14H,1-2H3,(H,27,30)(H,26,28,29)/t14-/m1/s1. The predicted octanol–water partition coefficient (Wildman–Crippen LogP) is 5.29. The molecule has 1 amide bonds. The van der Waals surface area contributed by atoms with Crippen LogP contribution >= 0.6 is 11.6 Å². The SMILES string of the molecule is CC(=O)N[C@H](C)c1ccc(Nc2ncc3cc(-c4ccncc4)c(Cl)cc3n2)cc1. The van der Waals surface area contributed by atoms with Crippen molar-refractivity contribution in [3.63, 3.8) is 0 Å². The molecule has 2 aromatic heterocycles. The number of hydrogen-bond donors (Lipinski definition) is 2. The minimum atomic E-state index is -0.0555. The number of aromatic nitrogens is 3. The van der Waals surface area contributed by atoms with Gasteiger partial charge in [0, 0.05) is 42.2 Å². The van der Waals surface area contributed by atoms with Crippen molar-refractivity contribution in [2.75, 3.05) is 5.32 Å². The first-order chi connectivity index (χ1) is 14.5. The van der Waals surface area contributed by atoms with Gasteiger partial charge in [0.2, 0.25) is 11.9 Å². The molecule has 6 nitrogen and oxygen atoms in total. The molecule has 30 heavy (non-hydrogen) atoms. The van der Waals surface area contributed by atoms with Crippen LogP contribution in [-0.2, 0) is 4.79 Å². The average molecular weight is 418 g/mol. The molecule has 4 aromatic rings. The lowest BCUT2D eigenvalue weighted by Crippen LogP contribution is -2.23. The second kappa shape index (κ2) is 8.47. The van der Waals surface area contributed by atoms with E-state index in [0.29, 0.717) is 11.0 Å². The fourth-order valence-corrected chi connectivity index (χ4v) is 3.51. The maximum absolute atomic E-state index is 11.2. The second-order valence-corrected chi connectivity index (χ2v) is 7.40. The van der Waals surface area contributed by atoms with Gasteiger partial charge in [-0.1, -0.05) is 23.7 Å². The van der Waals surface area contributed by atoms with Crippen LogP contribution in [0.25, 0.3) is 22.0 Å². The number of benzene rings is 2. The molecule has 4 rings (SSSR count). The number of pyridine rings is 1. The van der Waals surface area contributed by atoms with Crippen molar-refractivity contribution in [1.29, 1.82) is 0 Å². The number of halogens is 1. The zero-order valence-electron chi connectivity index (χ0n) is 16.6. The van der Waals surface area contributed by atoms with E-state index in [-0.39, 0.29) is 11.9 Å². The molecule has 0 saturated heterocycles. The summed E-state index contributed by atoms with van der Waals surface area (Å²) in [5.41, 5.74) is 4.54. The van der Waals surface area contributed by atoms with Crippen LogP contribution < -0.4 is 10.6 Å². The number of carbonyl (C=O) groups excluding carboxylic acids is 1. The van der Waals surface area contributed by atoms with E-state index in [4.69, 9.17) is 11.6 Å². The van der Waals surface area contributed by atoms with Crippen molar-refractivity contribution in [2.24, 2.45) is 0 Å². The lowest BCUT2D eigenvalue weighted by Gasteiger charge is -2.13. The molecule has 0 aliphatic carbocycles. The van der Waals surface area contributed by atoms with Gasteiger partial charge in [0.05, 0.1) is 16.6 Å². The van der Waals surface area contributed by atoms with Crippen molar-refractivity contribution in [3.05, 3.63) is 77.7 Å². The first-order valence-electron chi connectivity index (χ1n) is 9.50. The number of anilines is 2. The van der Waals surface area contributed by atoms with Gasteiger partial charge in [-0.25, -0.2) is 9.97 Å². The van der Waals surface area contributed by atoms with Gasteiger partial charge in [-0.3, -0.25) is 9.78 Å². The average Bonchev–Trinajstić information content (AvgIpc) is 2.74. The Morgan fingerprint density at radius 2 is 1.80 bits per heavy atom. The van der Waals surface area contributed by atoms with Crippen molar-refractivity contribution < 1.29 is 4.79 Å². The molecular formula is C23H20ClN5O. The number of fused-ring (bicyclic) bond motifs is 1. The highest BCUT2D eigenvalue weighted by Gasteiger charge is 2.09. The Kier molecular flexibility index (Phi) is 5.59. The van der Waals surface area contributed by atoms with Crippen LogP contribution in [0.3, 0.4) is 0 Å². The maximum Gasteiger partial charge on any atom is 0.227 e. The molecule has 0 fully saturated rings. The van der Waals surface area contributed by atoms with Crippen LogP contribution in [-0.4, -0.2) is 20.9 Å². The Bertz CT molecular complexity index is 1200. The van der Waals surface area contributed by atoms with Gasteiger partial charge >= 0.3 is 0 Å². The minimum Gasteiger partial charge on any atom is -0.350 e. The number of carbonyl (C=O) groups is 1. The summed E-state index contributed by atoms with van der Waals surface area (Å²) in [4.78, 5) is 24.3. The molecule has 0 spiro atoms. The van der Waals surface area contributed by atoms with E-state index in [1.54, 1.807) is 18.6 Å². The minimum absolute atomic E-state index is 0.0507. The molecule has 0 saturated carbocycles. The third-order valence-corrected chi connectivity index (χ3v) is 5.06. The summed E-state index contributed by atoms with van der Waals surface area (Å²) < 4.78 is 0. The number of hydrogen-bond acceptors (Lipinski definition) is 5. The summed E-state index contributed by atoms with van der Waals surface area (Å²) in [6.45, 7) is 3.45. The van der Waals surface area contributed by atoms with Crippen LogP contribution in [0.15, 0.2) is 67.1 Å². The van der Waals surface area contributed by atoms with Crippen molar-refractivity contribution >= 4 is 40.0 Å².